The van der Waals surface area contributed by atoms with Crippen LogP contribution in [0.4, 0.5) is 4.39 Å². The van der Waals surface area contributed by atoms with Crippen molar-refractivity contribution in [1.29, 1.82) is 0 Å². The van der Waals surface area contributed by atoms with Gasteiger partial charge in [0.05, 0.1) is 14.1 Å². The van der Waals surface area contributed by atoms with E-state index in [4.69, 9.17) is 16.0 Å². The van der Waals surface area contributed by atoms with Crippen molar-refractivity contribution in [3.05, 3.63) is 11.9 Å². The molecule has 0 bridgehead atoms. The first-order valence-corrected chi connectivity index (χ1v) is 7.15. The van der Waals surface area contributed by atoms with Crippen molar-refractivity contribution in [2.75, 3.05) is 13.0 Å². The molecule has 0 saturated carbocycles. The number of alkyl halides is 1. The van der Waals surface area contributed by atoms with Gasteiger partial charge in [-0.1, -0.05) is 0 Å². The smallest absolute Gasteiger partial charge is 0.246 e. The van der Waals surface area contributed by atoms with E-state index in [1.165, 1.54) is 0 Å². The number of rotatable bonds is 5. The van der Waals surface area contributed by atoms with Crippen LogP contribution in [0.5, 0.6) is 0 Å². The second-order valence-corrected chi connectivity index (χ2v) is 6.05. The van der Waals surface area contributed by atoms with Crippen molar-refractivity contribution in [2.24, 2.45) is 0 Å². The van der Waals surface area contributed by atoms with Crippen LogP contribution in [0, 0.1) is 0 Å². The summed E-state index contributed by atoms with van der Waals surface area (Å²) >= 11 is 0. The van der Waals surface area contributed by atoms with E-state index in [1.54, 1.807) is 13.8 Å². The molecule has 5 nitrogen and oxygen atoms in total. The average Bonchev–Trinajstić information content (AvgIpc) is 2.60. The fourth-order valence-corrected chi connectivity index (χ4v) is 1.91. The van der Waals surface area contributed by atoms with Crippen LogP contribution < -0.4 is 0 Å². The van der Waals surface area contributed by atoms with E-state index in [2.05, 4.69) is 0 Å². The topological polar surface area (TPSA) is 76.0 Å². The molecule has 1 aliphatic rings. The fourth-order valence-electron chi connectivity index (χ4n) is 1.45. The lowest BCUT2D eigenvalue weighted by Crippen LogP contribution is -2.32. The van der Waals surface area contributed by atoms with Crippen LogP contribution in [-0.4, -0.2) is 47.4 Å². The Kier molecular flexibility index (Phi) is 4.70. The van der Waals surface area contributed by atoms with Gasteiger partial charge in [0.2, 0.25) is 7.37 Å². The minimum Gasteiger partial charge on any atom is -0.386 e. The molecule has 17 heavy (non-hydrogen) atoms. The second-order valence-electron chi connectivity index (χ2n) is 4.10. The summed E-state index contributed by atoms with van der Waals surface area (Å²) in [6.45, 7) is 3.29. The van der Waals surface area contributed by atoms with E-state index < -0.39 is 37.9 Å². The molecule has 0 aromatic heterocycles. The zero-order chi connectivity index (χ0) is 13.9. The molecule has 2 N–H and O–H groups in total. The van der Waals surface area contributed by atoms with Crippen molar-refractivity contribution in [1.82, 2.24) is 0 Å². The maximum absolute atomic E-state index is 13.5. The Balaban J connectivity index is 2.82. The van der Waals surface area contributed by atoms with Crippen LogP contribution in [-0.2, 0) is 14.0 Å². The summed E-state index contributed by atoms with van der Waals surface area (Å²) in [5, 5.41) is 8.68. The van der Waals surface area contributed by atoms with Gasteiger partial charge in [0, 0.05) is 5.79 Å². The molecule has 1 saturated heterocycles. The van der Waals surface area contributed by atoms with Gasteiger partial charge in [-0.2, -0.15) is 0 Å². The monoisotopic (exact) mass is 269 g/mol. The number of aliphatic hydroxyl groups is 1. The van der Waals surface area contributed by atoms with Gasteiger partial charge >= 0.3 is 0 Å². The maximum atomic E-state index is 13.5. The first-order chi connectivity index (χ1) is 8.27. The third-order valence-corrected chi connectivity index (χ3v) is 3.13. The lowest BCUT2D eigenvalue weighted by Gasteiger charge is -2.20. The Morgan fingerprint density at radius 3 is 2.94 bits per heavy atom. The predicted molar refractivity (Wildman–Crippen MR) is 60.7 cm³/mol. The first kappa shape index (κ1) is 13.2. The summed E-state index contributed by atoms with van der Waals surface area (Å²) in [4.78, 5) is 9.25. The number of hydrogen-bond donors (Lipinski definition) is 2. The molecule has 0 amide bonds. The fraction of sp³-hybridized carbons (Fsp3) is 0.800. The summed E-state index contributed by atoms with van der Waals surface area (Å²) in [5.41, 5.74) is 0. The van der Waals surface area contributed by atoms with Gasteiger partial charge in [-0.05, 0) is 19.9 Å². The quantitative estimate of drug-likeness (QED) is 0.735. The molecule has 0 spiro atoms. The number of hydrogen-bond acceptors (Lipinski definition) is 4. The lowest BCUT2D eigenvalue weighted by atomic mass is 10.1. The van der Waals surface area contributed by atoms with Crippen LogP contribution in [0.1, 0.15) is 15.2 Å². The predicted octanol–water partition coefficient (Wildman–Crippen LogP) is 1.25. The third-order valence-electron chi connectivity index (χ3n) is 2.19. The SMILES string of the molecule is [2H]/C(=C\[C@H]1OC[C@H](F)[C@@H]1OC(C)C)P(=O)(O)CO. The zero-order valence-corrected chi connectivity index (χ0v) is 10.6. The Hall–Kier alpha value is -0.260. The molecule has 100 valence electrons. The summed E-state index contributed by atoms with van der Waals surface area (Å²) in [6, 6.07) is 0. The van der Waals surface area contributed by atoms with E-state index in [0.717, 1.165) is 6.08 Å². The summed E-state index contributed by atoms with van der Waals surface area (Å²) in [5.74, 6) is -0.651. The molecule has 1 rings (SSSR count). The van der Waals surface area contributed by atoms with Gasteiger partial charge < -0.3 is 19.5 Å². The first-order valence-electron chi connectivity index (χ1n) is 5.80. The molecule has 0 aliphatic carbocycles. The van der Waals surface area contributed by atoms with Gasteiger partial charge in [0.25, 0.3) is 0 Å². The maximum Gasteiger partial charge on any atom is 0.246 e. The molecule has 1 unspecified atom stereocenters. The van der Waals surface area contributed by atoms with Crippen molar-refractivity contribution in [3.63, 3.8) is 0 Å². The highest BCUT2D eigenvalue weighted by Crippen LogP contribution is 2.41. The Morgan fingerprint density at radius 2 is 2.41 bits per heavy atom. The summed E-state index contributed by atoms with van der Waals surface area (Å²) in [6.07, 6.45) is -3.34. The Morgan fingerprint density at radius 1 is 1.76 bits per heavy atom. The number of halogens is 1. The summed E-state index contributed by atoms with van der Waals surface area (Å²) in [7, 11) is -4.07. The zero-order valence-electron chi connectivity index (χ0n) is 10.7. The van der Waals surface area contributed by atoms with Gasteiger partial charge in [-0.25, -0.2) is 4.39 Å². The van der Waals surface area contributed by atoms with Gasteiger partial charge in [0.1, 0.15) is 18.6 Å². The minimum absolute atomic E-state index is 0.180. The molecule has 4 atom stereocenters. The van der Waals surface area contributed by atoms with Crippen LogP contribution in [0.15, 0.2) is 11.9 Å². The molecule has 7 heteroatoms. The summed E-state index contributed by atoms with van der Waals surface area (Å²) < 4.78 is 42.7. The molecular formula is C10H18FO5P. The minimum atomic E-state index is -4.07. The number of aliphatic hydroxyl groups excluding tert-OH is 1. The Labute approximate surface area is 101 Å². The molecule has 0 aromatic carbocycles. The highest BCUT2D eigenvalue weighted by molar-refractivity contribution is 7.61. The van der Waals surface area contributed by atoms with E-state index in [-0.39, 0.29) is 12.7 Å². The standard InChI is InChI=1S/C10H18FO5P/c1-7(2)16-10-8(11)5-15-9(10)3-4-17(13,14)6-12/h3-4,7-10,12H,5-6H2,1-2H3,(H,13,14)/b4-3+/t8-,9+,10-/m0/s1/i4D. The van der Waals surface area contributed by atoms with Gasteiger partial charge in [-0.3, -0.25) is 4.57 Å². The highest BCUT2D eigenvalue weighted by Gasteiger charge is 2.37. The van der Waals surface area contributed by atoms with E-state index in [1.807, 2.05) is 0 Å². The molecule has 0 radical (unpaired) electrons. The van der Waals surface area contributed by atoms with Crippen molar-refractivity contribution in [3.8, 4) is 0 Å². The largest absolute Gasteiger partial charge is 0.386 e. The second kappa shape index (κ2) is 6.07. The van der Waals surface area contributed by atoms with Gasteiger partial charge in [0.15, 0.2) is 6.17 Å². The molecule has 0 aromatic rings. The molecule has 1 aliphatic heterocycles. The third kappa shape index (κ3) is 4.48. The van der Waals surface area contributed by atoms with Crippen molar-refractivity contribution >= 4 is 7.37 Å². The van der Waals surface area contributed by atoms with Crippen molar-refractivity contribution in [2.45, 2.75) is 38.3 Å². The van der Waals surface area contributed by atoms with E-state index in [9.17, 15) is 13.8 Å². The van der Waals surface area contributed by atoms with Crippen LogP contribution in [0.2, 0.25) is 0 Å². The molecular weight excluding hydrogens is 250 g/mol. The average molecular weight is 269 g/mol. The molecule has 1 fully saturated rings. The molecule has 1 heterocycles. The van der Waals surface area contributed by atoms with Crippen molar-refractivity contribution < 1.29 is 29.8 Å². The van der Waals surface area contributed by atoms with Gasteiger partial charge in [-0.15, -0.1) is 0 Å². The number of ether oxygens (including phenoxy) is 2. The van der Waals surface area contributed by atoms with Crippen LogP contribution >= 0.6 is 7.37 Å². The highest BCUT2D eigenvalue weighted by atomic mass is 31.2. The normalized spacial score (nSPS) is 34.8. The Bertz CT molecular complexity index is 362. The lowest BCUT2D eigenvalue weighted by molar-refractivity contribution is -0.0385. The van der Waals surface area contributed by atoms with Crippen LogP contribution in [0.25, 0.3) is 0 Å². The van der Waals surface area contributed by atoms with E-state index >= 15 is 0 Å². The van der Waals surface area contributed by atoms with Crippen LogP contribution in [0.3, 0.4) is 0 Å². The van der Waals surface area contributed by atoms with E-state index in [0.29, 0.717) is 0 Å².